The highest BCUT2D eigenvalue weighted by Gasteiger charge is 2.11. The lowest BCUT2D eigenvalue weighted by molar-refractivity contribution is -0.116. The number of amides is 1. The zero-order chi connectivity index (χ0) is 19.6. The van der Waals surface area contributed by atoms with Gasteiger partial charge < -0.3 is 14.8 Å². The van der Waals surface area contributed by atoms with Crippen LogP contribution in [0, 0.1) is 0 Å². The molecule has 0 bridgehead atoms. The number of ether oxygens (including phenoxy) is 2. The van der Waals surface area contributed by atoms with Crippen LogP contribution in [0.15, 0.2) is 48.7 Å². The van der Waals surface area contributed by atoms with E-state index < -0.39 is 0 Å². The van der Waals surface area contributed by atoms with Gasteiger partial charge >= 0.3 is 0 Å². The van der Waals surface area contributed by atoms with Crippen molar-refractivity contribution in [2.24, 2.45) is 0 Å². The van der Waals surface area contributed by atoms with Crippen molar-refractivity contribution in [3.8, 4) is 5.88 Å². The van der Waals surface area contributed by atoms with Crippen LogP contribution in [0.25, 0.3) is 0 Å². The van der Waals surface area contributed by atoms with Gasteiger partial charge in [-0.25, -0.2) is 4.98 Å². The normalized spacial score (nSPS) is 14.4. The third kappa shape index (κ3) is 6.44. The smallest absolute Gasteiger partial charge is 0.224 e. The van der Waals surface area contributed by atoms with Crippen LogP contribution < -0.4 is 10.1 Å². The minimum absolute atomic E-state index is 0.0436. The quantitative estimate of drug-likeness (QED) is 0.670. The van der Waals surface area contributed by atoms with Crippen molar-refractivity contribution in [1.82, 2.24) is 9.88 Å². The van der Waals surface area contributed by atoms with Gasteiger partial charge in [0.25, 0.3) is 0 Å². The van der Waals surface area contributed by atoms with Gasteiger partial charge in [0, 0.05) is 44.1 Å². The fourth-order valence-corrected chi connectivity index (χ4v) is 2.86. The van der Waals surface area contributed by atoms with E-state index >= 15 is 0 Å². The molecule has 1 fully saturated rings. The van der Waals surface area contributed by atoms with Crippen molar-refractivity contribution in [1.29, 1.82) is 0 Å². The van der Waals surface area contributed by atoms with Crippen molar-refractivity contribution >= 4 is 17.4 Å². The Morgan fingerprint density at radius 1 is 1.07 bits per heavy atom. The number of benzene rings is 1. The van der Waals surface area contributed by atoms with Gasteiger partial charge in [0.15, 0.2) is 5.78 Å². The minimum Gasteiger partial charge on any atom is -0.476 e. The summed E-state index contributed by atoms with van der Waals surface area (Å²) in [5, 5.41) is 2.75. The molecule has 7 heteroatoms. The number of pyridine rings is 1. The molecule has 0 spiro atoms. The number of carbonyl (C=O) groups is 2. The lowest BCUT2D eigenvalue weighted by Crippen LogP contribution is -2.38. The molecule has 1 N–H and O–H groups in total. The number of carbonyl (C=O) groups excluding carboxylic acids is 2. The summed E-state index contributed by atoms with van der Waals surface area (Å²) in [7, 11) is 0. The third-order valence-corrected chi connectivity index (χ3v) is 4.46. The molecule has 0 atom stereocenters. The van der Waals surface area contributed by atoms with E-state index in [0.717, 1.165) is 32.8 Å². The fraction of sp³-hybridized carbons (Fsp3) is 0.381. The van der Waals surface area contributed by atoms with Gasteiger partial charge in [-0.2, -0.15) is 0 Å². The Balaban J connectivity index is 1.37. The number of hydrogen-bond acceptors (Lipinski definition) is 6. The third-order valence-electron chi connectivity index (χ3n) is 4.46. The van der Waals surface area contributed by atoms with E-state index in [1.54, 1.807) is 30.5 Å². The molecular formula is C21H25N3O4. The topological polar surface area (TPSA) is 80.8 Å². The Kier molecular flexibility index (Phi) is 7.52. The molecule has 0 aliphatic carbocycles. The Labute approximate surface area is 164 Å². The summed E-state index contributed by atoms with van der Waals surface area (Å²) in [5.74, 6) is 0.260. The lowest BCUT2D eigenvalue weighted by Gasteiger charge is -2.26. The number of aromatic nitrogens is 1. The number of hydrogen-bond donors (Lipinski definition) is 1. The Hall–Kier alpha value is -2.77. The number of ketones is 1. The molecule has 28 heavy (non-hydrogen) atoms. The highest BCUT2D eigenvalue weighted by atomic mass is 16.5. The van der Waals surface area contributed by atoms with Gasteiger partial charge in [-0.05, 0) is 6.07 Å². The van der Waals surface area contributed by atoms with E-state index in [2.05, 4.69) is 15.2 Å². The van der Waals surface area contributed by atoms with Crippen LogP contribution in [-0.2, 0) is 9.53 Å². The molecule has 3 rings (SSSR count). The van der Waals surface area contributed by atoms with Crippen LogP contribution >= 0.6 is 0 Å². The predicted octanol–water partition coefficient (Wildman–Crippen LogP) is 2.39. The predicted molar refractivity (Wildman–Crippen MR) is 106 cm³/mol. The summed E-state index contributed by atoms with van der Waals surface area (Å²) in [6.45, 7) is 4.77. The molecule has 1 aromatic carbocycles. The molecule has 7 nitrogen and oxygen atoms in total. The van der Waals surface area contributed by atoms with E-state index in [9.17, 15) is 9.59 Å². The highest BCUT2D eigenvalue weighted by molar-refractivity contribution is 5.99. The maximum atomic E-state index is 12.0. The van der Waals surface area contributed by atoms with Gasteiger partial charge in [0.1, 0.15) is 6.61 Å². The summed E-state index contributed by atoms with van der Waals surface area (Å²) in [6.07, 6.45) is 1.86. The molecule has 0 saturated carbocycles. The number of Topliss-reactive ketones (excluding diaryl/α,β-unsaturated/α-hetero) is 1. The molecule has 0 radical (unpaired) electrons. The second-order valence-electron chi connectivity index (χ2n) is 6.52. The van der Waals surface area contributed by atoms with Crippen molar-refractivity contribution < 1.29 is 19.1 Å². The van der Waals surface area contributed by atoms with E-state index in [1.165, 1.54) is 0 Å². The van der Waals surface area contributed by atoms with Crippen molar-refractivity contribution in [2.75, 3.05) is 44.8 Å². The molecule has 148 valence electrons. The first-order valence-corrected chi connectivity index (χ1v) is 9.48. The SMILES string of the molecule is O=C(CCC(=O)c1ccccc1)Nc1ccc(OCCN2CCOCC2)nc1. The molecule has 2 heterocycles. The van der Waals surface area contributed by atoms with Crippen LogP contribution in [0.1, 0.15) is 23.2 Å². The number of nitrogens with zero attached hydrogens (tertiary/aromatic N) is 2. The molecular weight excluding hydrogens is 358 g/mol. The second kappa shape index (κ2) is 10.5. The average molecular weight is 383 g/mol. The number of morpholine rings is 1. The van der Waals surface area contributed by atoms with Gasteiger partial charge in [-0.15, -0.1) is 0 Å². The molecule has 0 unspecified atom stereocenters. The van der Waals surface area contributed by atoms with Gasteiger partial charge in [-0.3, -0.25) is 14.5 Å². The highest BCUT2D eigenvalue weighted by Crippen LogP contribution is 2.13. The molecule has 1 amide bonds. The van der Waals surface area contributed by atoms with Crippen molar-refractivity contribution in [2.45, 2.75) is 12.8 Å². The molecule has 1 saturated heterocycles. The van der Waals surface area contributed by atoms with Crippen LogP contribution in [0.3, 0.4) is 0 Å². The van der Waals surface area contributed by atoms with Crippen LogP contribution in [-0.4, -0.2) is 61.0 Å². The Morgan fingerprint density at radius 3 is 2.57 bits per heavy atom. The summed E-state index contributed by atoms with van der Waals surface area (Å²) in [5.41, 5.74) is 1.20. The van der Waals surface area contributed by atoms with Gasteiger partial charge in [0.05, 0.1) is 25.1 Å². The van der Waals surface area contributed by atoms with Crippen LogP contribution in [0.2, 0.25) is 0 Å². The maximum absolute atomic E-state index is 12.0. The largest absolute Gasteiger partial charge is 0.476 e. The van der Waals surface area contributed by atoms with Crippen LogP contribution in [0.5, 0.6) is 5.88 Å². The molecule has 1 aliphatic heterocycles. The maximum Gasteiger partial charge on any atom is 0.224 e. The first kappa shape index (κ1) is 20.0. The zero-order valence-electron chi connectivity index (χ0n) is 15.8. The number of anilines is 1. The first-order chi connectivity index (χ1) is 13.7. The van der Waals surface area contributed by atoms with E-state index in [0.29, 0.717) is 23.7 Å². The molecule has 1 aromatic heterocycles. The zero-order valence-corrected chi connectivity index (χ0v) is 15.8. The molecule has 1 aliphatic rings. The van der Waals surface area contributed by atoms with Crippen molar-refractivity contribution in [3.05, 3.63) is 54.2 Å². The summed E-state index contributed by atoms with van der Waals surface area (Å²) in [4.78, 5) is 30.6. The Morgan fingerprint density at radius 2 is 1.86 bits per heavy atom. The van der Waals surface area contributed by atoms with E-state index in [1.807, 2.05) is 18.2 Å². The Bertz CT molecular complexity index is 759. The van der Waals surface area contributed by atoms with Gasteiger partial charge in [0.2, 0.25) is 11.8 Å². The summed E-state index contributed by atoms with van der Waals surface area (Å²) < 4.78 is 11.0. The van der Waals surface area contributed by atoms with E-state index in [4.69, 9.17) is 9.47 Å². The van der Waals surface area contributed by atoms with Crippen LogP contribution in [0.4, 0.5) is 5.69 Å². The lowest BCUT2D eigenvalue weighted by atomic mass is 10.1. The number of rotatable bonds is 9. The molecule has 2 aromatic rings. The standard InChI is InChI=1S/C21H25N3O4/c25-19(17-4-2-1-3-5-17)7-8-20(26)23-18-6-9-21(22-16-18)28-15-12-24-10-13-27-14-11-24/h1-6,9,16H,7-8,10-15H2,(H,23,26). The van der Waals surface area contributed by atoms with Gasteiger partial charge in [-0.1, -0.05) is 30.3 Å². The van der Waals surface area contributed by atoms with Crippen molar-refractivity contribution in [3.63, 3.8) is 0 Å². The monoisotopic (exact) mass is 383 g/mol. The second-order valence-corrected chi connectivity index (χ2v) is 6.52. The summed E-state index contributed by atoms with van der Waals surface area (Å²) >= 11 is 0. The number of nitrogens with one attached hydrogen (secondary N) is 1. The summed E-state index contributed by atoms with van der Waals surface area (Å²) in [6, 6.07) is 12.4. The van der Waals surface area contributed by atoms with E-state index in [-0.39, 0.29) is 24.5 Å². The minimum atomic E-state index is -0.216. The fourth-order valence-electron chi connectivity index (χ4n) is 2.86. The first-order valence-electron chi connectivity index (χ1n) is 9.48. The average Bonchev–Trinajstić information content (AvgIpc) is 2.75.